The highest BCUT2D eigenvalue weighted by Crippen LogP contribution is 2.33. The Hall–Kier alpha value is -3.49. The number of carbonyl (C=O) groups is 2. The molecule has 9 heteroatoms. The number of nitrogens with zero attached hydrogens (tertiary/aromatic N) is 2. The van der Waals surface area contributed by atoms with Gasteiger partial charge in [0.15, 0.2) is 0 Å². The van der Waals surface area contributed by atoms with Gasteiger partial charge in [-0.1, -0.05) is 37.3 Å². The molecule has 0 aliphatic carbocycles. The van der Waals surface area contributed by atoms with Crippen molar-refractivity contribution >= 4 is 17.7 Å². The number of rotatable bonds is 9. The lowest BCUT2D eigenvalue weighted by Crippen LogP contribution is -2.34. The number of halogens is 2. The predicted octanol–water partition coefficient (Wildman–Crippen LogP) is 5.85. The molecule has 0 radical (unpaired) electrons. The first-order valence-electron chi connectivity index (χ1n) is 10.5. The van der Waals surface area contributed by atoms with Crippen LogP contribution in [0.2, 0.25) is 0 Å². The Morgan fingerprint density at radius 3 is 2.55 bits per heavy atom. The highest BCUT2D eigenvalue weighted by Gasteiger charge is 2.24. The zero-order chi connectivity index (χ0) is 24.8. The van der Waals surface area contributed by atoms with Gasteiger partial charge in [0.25, 0.3) is 0 Å². The molecule has 1 aromatic carbocycles. The van der Waals surface area contributed by atoms with E-state index in [2.05, 4.69) is 28.9 Å². The summed E-state index contributed by atoms with van der Waals surface area (Å²) in [5, 5.41) is 9.17. The molecule has 0 spiro atoms. The fourth-order valence-electron chi connectivity index (χ4n) is 3.04. The van der Waals surface area contributed by atoms with Crippen molar-refractivity contribution in [2.24, 2.45) is 5.92 Å². The van der Waals surface area contributed by atoms with Crippen molar-refractivity contribution in [3.8, 4) is 11.3 Å². The average Bonchev–Trinajstić information content (AvgIpc) is 3.15. The van der Waals surface area contributed by atoms with Gasteiger partial charge in [-0.2, -0.15) is 13.9 Å². The highest BCUT2D eigenvalue weighted by atomic mass is 19.3. The molecule has 0 aliphatic rings. The summed E-state index contributed by atoms with van der Waals surface area (Å²) in [5.74, 6) is -0.915. The normalized spacial score (nSPS) is 13.2. The molecular weight excluding hydrogens is 430 g/mol. The van der Waals surface area contributed by atoms with Gasteiger partial charge in [-0.3, -0.25) is 4.79 Å². The standard InChI is InChI=1S/C24H30F2N4O3/c1-7-10-18(29-23(32)33-24(4,5)6)16-11-9-12-17(13-16)20-19(14-27-30(20)22(25)26)28-21(31)15(3)8-2/h7-9,11-15,18,22H,1-2,10H2,3-6H3,(H,28,31)(H,29,32). The zero-order valence-electron chi connectivity index (χ0n) is 19.3. The maximum Gasteiger partial charge on any atom is 0.408 e. The number of anilines is 1. The lowest BCUT2D eigenvalue weighted by atomic mass is 9.99. The molecule has 2 N–H and O–H groups in total. The highest BCUT2D eigenvalue weighted by molar-refractivity contribution is 5.96. The fraction of sp³-hybridized carbons (Fsp3) is 0.375. The largest absolute Gasteiger partial charge is 0.444 e. The van der Waals surface area contributed by atoms with Crippen LogP contribution in [0.4, 0.5) is 19.3 Å². The van der Waals surface area contributed by atoms with E-state index in [-0.39, 0.29) is 11.4 Å². The topological polar surface area (TPSA) is 85.2 Å². The van der Waals surface area contributed by atoms with Crippen LogP contribution in [0, 0.1) is 5.92 Å². The van der Waals surface area contributed by atoms with Crippen molar-refractivity contribution in [1.82, 2.24) is 15.1 Å². The molecular formula is C24H30F2N4O3. The van der Waals surface area contributed by atoms with Crippen LogP contribution in [0.15, 0.2) is 55.8 Å². The van der Waals surface area contributed by atoms with Crippen LogP contribution in [0.5, 0.6) is 0 Å². The Morgan fingerprint density at radius 1 is 1.27 bits per heavy atom. The molecule has 2 aromatic rings. The summed E-state index contributed by atoms with van der Waals surface area (Å²) in [6.07, 6.45) is 4.05. The number of amides is 2. The van der Waals surface area contributed by atoms with Gasteiger partial charge in [-0.15, -0.1) is 13.2 Å². The fourth-order valence-corrected chi connectivity index (χ4v) is 3.04. The van der Waals surface area contributed by atoms with Crippen molar-refractivity contribution in [2.45, 2.75) is 52.3 Å². The van der Waals surface area contributed by atoms with E-state index in [1.165, 1.54) is 12.3 Å². The molecule has 7 nitrogen and oxygen atoms in total. The van der Waals surface area contributed by atoms with Gasteiger partial charge in [-0.05, 0) is 38.8 Å². The second-order valence-electron chi connectivity index (χ2n) is 8.49. The first kappa shape index (κ1) is 25.8. The van der Waals surface area contributed by atoms with Gasteiger partial charge in [0.05, 0.1) is 29.5 Å². The molecule has 2 rings (SSSR count). The van der Waals surface area contributed by atoms with Crippen LogP contribution < -0.4 is 10.6 Å². The average molecular weight is 461 g/mol. The Morgan fingerprint density at radius 2 is 1.97 bits per heavy atom. The summed E-state index contributed by atoms with van der Waals surface area (Å²) in [6, 6.07) is 6.23. The summed E-state index contributed by atoms with van der Waals surface area (Å²) in [5.41, 5.74) is 0.561. The molecule has 2 atom stereocenters. The van der Waals surface area contributed by atoms with Crippen LogP contribution in [0.25, 0.3) is 11.3 Å². The smallest absolute Gasteiger partial charge is 0.408 e. The Kier molecular flexibility index (Phi) is 8.50. The molecule has 0 aliphatic heterocycles. The molecule has 0 saturated carbocycles. The first-order valence-corrected chi connectivity index (χ1v) is 10.5. The van der Waals surface area contributed by atoms with E-state index in [4.69, 9.17) is 4.74 Å². The molecule has 1 aromatic heterocycles. The monoisotopic (exact) mass is 460 g/mol. The van der Waals surface area contributed by atoms with E-state index < -0.39 is 36.1 Å². The second-order valence-corrected chi connectivity index (χ2v) is 8.49. The van der Waals surface area contributed by atoms with Crippen LogP contribution in [-0.4, -0.2) is 27.4 Å². The van der Waals surface area contributed by atoms with E-state index in [1.54, 1.807) is 58.0 Å². The molecule has 0 saturated heterocycles. The molecule has 178 valence electrons. The van der Waals surface area contributed by atoms with Crippen molar-refractivity contribution in [3.63, 3.8) is 0 Å². The van der Waals surface area contributed by atoms with Crippen LogP contribution in [0.3, 0.4) is 0 Å². The molecule has 33 heavy (non-hydrogen) atoms. The summed E-state index contributed by atoms with van der Waals surface area (Å²) in [7, 11) is 0. The number of aromatic nitrogens is 2. The van der Waals surface area contributed by atoms with E-state index in [1.807, 2.05) is 0 Å². The minimum absolute atomic E-state index is 0.0473. The van der Waals surface area contributed by atoms with Gasteiger partial charge >= 0.3 is 12.6 Å². The van der Waals surface area contributed by atoms with Gasteiger partial charge in [0.1, 0.15) is 5.60 Å². The van der Waals surface area contributed by atoms with Crippen LogP contribution >= 0.6 is 0 Å². The second kappa shape index (κ2) is 10.9. The minimum Gasteiger partial charge on any atom is -0.444 e. The Bertz CT molecular complexity index is 1010. The number of hydrogen-bond acceptors (Lipinski definition) is 4. The van der Waals surface area contributed by atoms with Gasteiger partial charge < -0.3 is 15.4 Å². The molecule has 1 heterocycles. The molecule has 2 amide bonds. The number of benzene rings is 1. The summed E-state index contributed by atoms with van der Waals surface area (Å²) in [6.45, 7) is 11.3. The van der Waals surface area contributed by atoms with Crippen LogP contribution in [-0.2, 0) is 9.53 Å². The van der Waals surface area contributed by atoms with Crippen LogP contribution in [0.1, 0.15) is 52.3 Å². The van der Waals surface area contributed by atoms with E-state index in [0.29, 0.717) is 22.2 Å². The molecule has 0 fully saturated rings. The minimum atomic E-state index is -2.92. The number of ether oxygens (including phenoxy) is 1. The van der Waals surface area contributed by atoms with Crippen molar-refractivity contribution < 1.29 is 23.1 Å². The van der Waals surface area contributed by atoms with Crippen molar-refractivity contribution in [1.29, 1.82) is 0 Å². The van der Waals surface area contributed by atoms with Gasteiger partial charge in [0, 0.05) is 5.56 Å². The third-order valence-electron chi connectivity index (χ3n) is 4.66. The van der Waals surface area contributed by atoms with Crippen molar-refractivity contribution in [2.75, 3.05) is 5.32 Å². The lowest BCUT2D eigenvalue weighted by molar-refractivity contribution is -0.118. The third kappa shape index (κ3) is 7.00. The first-order chi connectivity index (χ1) is 15.5. The van der Waals surface area contributed by atoms with Gasteiger partial charge in [-0.25, -0.2) is 9.48 Å². The van der Waals surface area contributed by atoms with E-state index in [9.17, 15) is 18.4 Å². The zero-order valence-corrected chi connectivity index (χ0v) is 19.3. The third-order valence-corrected chi connectivity index (χ3v) is 4.66. The van der Waals surface area contributed by atoms with Crippen molar-refractivity contribution in [3.05, 3.63) is 61.3 Å². The number of nitrogens with one attached hydrogen (secondary N) is 2. The summed E-state index contributed by atoms with van der Waals surface area (Å²) in [4.78, 5) is 24.6. The van der Waals surface area contributed by atoms with Gasteiger partial charge in [0.2, 0.25) is 5.91 Å². The number of alkyl carbamates (subject to hydrolysis) is 1. The maximum atomic E-state index is 13.7. The maximum absolute atomic E-state index is 13.7. The number of carbonyl (C=O) groups excluding carboxylic acids is 2. The van der Waals surface area contributed by atoms with E-state index in [0.717, 1.165) is 0 Å². The number of alkyl halides is 2. The summed E-state index contributed by atoms with van der Waals surface area (Å²) >= 11 is 0. The quantitative estimate of drug-likeness (QED) is 0.460. The Labute approximate surface area is 192 Å². The number of hydrogen-bond donors (Lipinski definition) is 2. The summed E-state index contributed by atoms with van der Waals surface area (Å²) < 4.78 is 33.2. The Balaban J connectivity index is 2.45. The molecule has 0 bridgehead atoms. The molecule has 2 unspecified atom stereocenters. The SMILES string of the molecule is C=CCC(NC(=O)OC(C)(C)C)c1cccc(-c2c(NC(=O)C(C)C=C)cnn2C(F)F)c1. The lowest BCUT2D eigenvalue weighted by Gasteiger charge is -2.23. The van der Waals surface area contributed by atoms with E-state index >= 15 is 0 Å². The predicted molar refractivity (Wildman–Crippen MR) is 124 cm³/mol.